The van der Waals surface area contributed by atoms with E-state index in [-0.39, 0.29) is 24.1 Å². The zero-order valence-electron chi connectivity index (χ0n) is 35.6. The first-order valence-corrected chi connectivity index (χ1v) is 23.6. The predicted octanol–water partition coefficient (Wildman–Crippen LogP) is 8.18. The van der Waals surface area contributed by atoms with Crippen molar-refractivity contribution in [2.45, 2.75) is 139 Å². The summed E-state index contributed by atoms with van der Waals surface area (Å²) in [7, 11) is 0. The summed E-state index contributed by atoms with van der Waals surface area (Å²) in [6.07, 6.45) is 18.3. The average molecular weight is 813 g/mol. The van der Waals surface area contributed by atoms with Gasteiger partial charge in [-0.25, -0.2) is 9.59 Å². The van der Waals surface area contributed by atoms with Gasteiger partial charge in [0.05, 0.1) is 26.4 Å². The normalized spacial score (nSPS) is 28.4. The van der Waals surface area contributed by atoms with Crippen LogP contribution in [0.5, 0.6) is 0 Å². The number of hydrogen-bond donors (Lipinski definition) is 3. The van der Waals surface area contributed by atoms with E-state index in [1.165, 1.54) is 77.3 Å². The Morgan fingerprint density at radius 3 is 1.51 bits per heavy atom. The summed E-state index contributed by atoms with van der Waals surface area (Å²) in [5.74, 6) is 1.50. The number of primary amides is 1. The zero-order valence-corrected chi connectivity index (χ0v) is 35.6. The highest BCUT2D eigenvalue weighted by atomic mass is 16.5. The van der Waals surface area contributed by atoms with Crippen LogP contribution in [0.3, 0.4) is 0 Å². The molecule has 0 aromatic heterocycles. The van der Waals surface area contributed by atoms with Crippen molar-refractivity contribution < 1.29 is 23.8 Å². The Labute approximate surface area is 353 Å². The van der Waals surface area contributed by atoms with Gasteiger partial charge in [0.1, 0.15) is 0 Å². The number of nitrogens with one attached hydrogen (secondary N) is 2. The summed E-state index contributed by atoms with van der Waals surface area (Å²) in [5, 5.41) is 6.21. The molecule has 4 bridgehead atoms. The number of nitrogens with zero attached hydrogens (tertiary/aromatic N) is 3. The largest absolute Gasteiger partial charge is 0.379 e. The molecule has 0 spiro atoms. The molecule has 2 aromatic carbocycles. The summed E-state index contributed by atoms with van der Waals surface area (Å²) in [6, 6.07) is 20.8. The van der Waals surface area contributed by atoms with Crippen LogP contribution in [-0.4, -0.2) is 105 Å². The standard InChI is InChI=1S/C48H72N6O5/c49-47(55)52(38-17-13-36(14-18-38)24-28-54-45-21-22-46(54)42-10-4-3-9-41(42)45)26-6-30-58-32-34-59-33-31-57-29-5-25-50-48(56)51-37-15-11-35(12-16-37)23-27-53-43-19-20-44(53)40-8-2-1-7-39(40)43/h1-4,7-10,35-38,43-46H,5-6,11-34H2,(H2,49,55)(H2,50,51,56)/t35?,36?,37?,38?,43-,44+,45-,46+. The first-order chi connectivity index (χ1) is 29.0. The summed E-state index contributed by atoms with van der Waals surface area (Å²) in [6.45, 7) is 6.85. The van der Waals surface area contributed by atoms with Crippen LogP contribution in [-0.2, 0) is 14.2 Å². The van der Waals surface area contributed by atoms with Crippen molar-refractivity contribution in [1.82, 2.24) is 25.3 Å². The number of benzene rings is 2. The Morgan fingerprint density at radius 1 is 0.593 bits per heavy atom. The Morgan fingerprint density at radius 2 is 1.03 bits per heavy atom. The molecule has 4 amide bonds. The van der Waals surface area contributed by atoms with Crippen molar-refractivity contribution in [2.24, 2.45) is 17.6 Å². The second-order valence-electron chi connectivity index (χ2n) is 18.4. The van der Waals surface area contributed by atoms with Gasteiger partial charge in [-0.2, -0.15) is 0 Å². The van der Waals surface area contributed by atoms with Crippen molar-refractivity contribution in [3.8, 4) is 0 Å². The molecule has 8 rings (SSSR count). The van der Waals surface area contributed by atoms with Crippen LogP contribution in [0.15, 0.2) is 48.5 Å². The molecule has 324 valence electrons. The van der Waals surface area contributed by atoms with E-state index >= 15 is 0 Å². The summed E-state index contributed by atoms with van der Waals surface area (Å²) < 4.78 is 17.2. The van der Waals surface area contributed by atoms with Crippen LogP contribution >= 0.6 is 0 Å². The fourth-order valence-electron chi connectivity index (χ4n) is 11.9. The summed E-state index contributed by atoms with van der Waals surface area (Å²) in [4.78, 5) is 32.3. The third-order valence-corrected chi connectivity index (χ3v) is 15.0. The molecule has 4 heterocycles. The summed E-state index contributed by atoms with van der Waals surface area (Å²) >= 11 is 0. The van der Waals surface area contributed by atoms with Crippen molar-refractivity contribution in [3.63, 3.8) is 0 Å². The van der Waals surface area contributed by atoms with Gasteiger partial charge in [0.25, 0.3) is 0 Å². The van der Waals surface area contributed by atoms with Crippen molar-refractivity contribution in [1.29, 1.82) is 0 Å². The van der Waals surface area contributed by atoms with E-state index < -0.39 is 0 Å². The second kappa shape index (κ2) is 21.0. The highest BCUT2D eigenvalue weighted by molar-refractivity contribution is 5.74. The topological polar surface area (TPSA) is 122 Å². The molecular formula is C48H72N6O5. The maximum atomic E-state index is 12.5. The Hall–Kier alpha value is -3.22. The molecule has 6 aliphatic rings. The van der Waals surface area contributed by atoms with Crippen LogP contribution in [0.2, 0.25) is 0 Å². The molecule has 2 aliphatic carbocycles. The lowest BCUT2D eigenvalue weighted by atomic mass is 9.83. The van der Waals surface area contributed by atoms with Gasteiger partial charge in [0.15, 0.2) is 0 Å². The maximum Gasteiger partial charge on any atom is 0.315 e. The number of urea groups is 2. The lowest BCUT2D eigenvalue weighted by Gasteiger charge is -2.36. The number of carbonyl (C=O) groups is 2. The van der Waals surface area contributed by atoms with E-state index in [4.69, 9.17) is 19.9 Å². The molecule has 2 aromatic rings. The quantitative estimate of drug-likeness (QED) is 0.103. The molecule has 0 unspecified atom stereocenters. The van der Waals surface area contributed by atoms with Gasteiger partial charge in [-0.3, -0.25) is 9.80 Å². The van der Waals surface area contributed by atoms with E-state index in [2.05, 4.69) is 69.0 Å². The van der Waals surface area contributed by atoms with Crippen molar-refractivity contribution in [3.05, 3.63) is 70.8 Å². The zero-order chi connectivity index (χ0) is 40.4. The van der Waals surface area contributed by atoms with Gasteiger partial charge >= 0.3 is 12.1 Å². The molecule has 0 radical (unpaired) electrons. The molecule has 4 atom stereocenters. The van der Waals surface area contributed by atoms with Crippen LogP contribution in [0, 0.1) is 11.8 Å². The van der Waals surface area contributed by atoms with E-state index in [0.717, 1.165) is 50.4 Å². The monoisotopic (exact) mass is 813 g/mol. The number of carbonyl (C=O) groups excluding carboxylic acids is 2. The van der Waals surface area contributed by atoms with Gasteiger partial charge < -0.3 is 35.5 Å². The third kappa shape index (κ3) is 10.6. The molecule has 4 N–H and O–H groups in total. The van der Waals surface area contributed by atoms with Gasteiger partial charge in [0.2, 0.25) is 0 Å². The first-order valence-electron chi connectivity index (χ1n) is 23.6. The minimum Gasteiger partial charge on any atom is -0.379 e. The Bertz CT molecular complexity index is 1580. The van der Waals surface area contributed by atoms with Gasteiger partial charge in [-0.15, -0.1) is 0 Å². The van der Waals surface area contributed by atoms with Crippen LogP contribution in [0.25, 0.3) is 0 Å². The lowest BCUT2D eigenvalue weighted by Crippen LogP contribution is -2.46. The van der Waals surface area contributed by atoms with E-state index in [9.17, 15) is 9.59 Å². The lowest BCUT2D eigenvalue weighted by molar-refractivity contribution is 0.0126. The smallest absolute Gasteiger partial charge is 0.315 e. The Balaban J connectivity index is 0.579. The molecule has 4 aliphatic heterocycles. The number of hydrogen-bond acceptors (Lipinski definition) is 7. The highest BCUT2D eigenvalue weighted by Gasteiger charge is 2.44. The summed E-state index contributed by atoms with van der Waals surface area (Å²) in [5.41, 5.74) is 12.1. The van der Waals surface area contributed by atoms with E-state index in [1.54, 1.807) is 22.3 Å². The predicted molar refractivity (Wildman–Crippen MR) is 231 cm³/mol. The molecule has 11 nitrogen and oxygen atoms in total. The number of ether oxygens (including phenoxy) is 3. The SMILES string of the molecule is NC(=O)N(CCCOCCOCCOCCCNC(=O)NC1CCC(CCN2[C@@H]3CC[C@H]2c2ccccc23)CC1)C1CCC(CCN2[C@@H]3CC[C@H]2c2ccccc23)CC1. The minimum absolute atomic E-state index is 0.0603. The molecule has 59 heavy (non-hydrogen) atoms. The number of rotatable bonds is 22. The fourth-order valence-corrected chi connectivity index (χ4v) is 11.9. The number of fused-ring (bicyclic) bond motifs is 10. The van der Waals surface area contributed by atoms with E-state index in [0.29, 0.717) is 76.9 Å². The second-order valence-corrected chi connectivity index (χ2v) is 18.4. The third-order valence-electron chi connectivity index (χ3n) is 15.0. The first kappa shape index (κ1) is 42.5. The molecular weight excluding hydrogens is 741 g/mol. The van der Waals surface area contributed by atoms with Crippen molar-refractivity contribution in [2.75, 3.05) is 65.8 Å². The number of amides is 4. The molecule has 11 heteroatoms. The molecule has 4 fully saturated rings. The highest BCUT2D eigenvalue weighted by Crippen LogP contribution is 2.54. The van der Waals surface area contributed by atoms with Gasteiger partial charge in [-0.1, -0.05) is 48.5 Å². The Kier molecular flexibility index (Phi) is 15.1. The van der Waals surface area contributed by atoms with Crippen molar-refractivity contribution >= 4 is 12.1 Å². The number of nitrogens with two attached hydrogens (primary N) is 1. The molecule has 2 saturated heterocycles. The van der Waals surface area contributed by atoms with Gasteiger partial charge in [-0.05, 0) is 150 Å². The fraction of sp³-hybridized carbons (Fsp3) is 0.708. The minimum atomic E-state index is -0.308. The molecule has 2 saturated carbocycles. The van der Waals surface area contributed by atoms with Gasteiger partial charge in [0, 0.05) is 62.6 Å². The van der Waals surface area contributed by atoms with E-state index in [1.807, 2.05) is 4.90 Å². The average Bonchev–Trinajstić information content (AvgIpc) is 4.02. The van der Waals surface area contributed by atoms with Crippen LogP contribution in [0.1, 0.15) is 149 Å². The van der Waals surface area contributed by atoms with Crippen LogP contribution in [0.4, 0.5) is 9.59 Å². The maximum absolute atomic E-state index is 12.5. The van der Waals surface area contributed by atoms with Crippen LogP contribution < -0.4 is 16.4 Å².